The Morgan fingerprint density at radius 3 is 2.71 bits per heavy atom. The van der Waals surface area contributed by atoms with E-state index in [4.69, 9.17) is 0 Å². The lowest BCUT2D eigenvalue weighted by atomic mass is 10.1. The van der Waals surface area contributed by atoms with Gasteiger partial charge in [0, 0.05) is 6.04 Å². The number of sulfone groups is 1. The van der Waals surface area contributed by atoms with Crippen LogP contribution in [-0.2, 0) is 15.6 Å². The van der Waals surface area contributed by atoms with Crippen LogP contribution in [0.1, 0.15) is 44.2 Å². The molecule has 1 saturated carbocycles. The molecule has 0 aliphatic heterocycles. The Morgan fingerprint density at radius 2 is 2.05 bits per heavy atom. The molecule has 0 saturated heterocycles. The Balaban J connectivity index is 2.06. The van der Waals surface area contributed by atoms with Crippen LogP contribution in [-0.4, -0.2) is 26.3 Å². The van der Waals surface area contributed by atoms with Crippen LogP contribution in [0.4, 0.5) is 0 Å². The van der Waals surface area contributed by atoms with E-state index in [1.165, 1.54) is 0 Å². The summed E-state index contributed by atoms with van der Waals surface area (Å²) in [4.78, 5) is 0. The normalized spacial score (nSPS) is 26.1. The Kier molecular flexibility index (Phi) is 5.44. The van der Waals surface area contributed by atoms with E-state index in [1.807, 2.05) is 31.2 Å². The van der Waals surface area contributed by atoms with E-state index in [0.717, 1.165) is 36.9 Å². The molecule has 1 N–H and O–H groups in total. The van der Waals surface area contributed by atoms with Gasteiger partial charge in [-0.2, -0.15) is 0 Å². The van der Waals surface area contributed by atoms with Gasteiger partial charge in [-0.25, -0.2) is 8.42 Å². The lowest BCUT2D eigenvalue weighted by molar-refractivity contribution is 0.425. The molecule has 0 amide bonds. The van der Waals surface area contributed by atoms with E-state index < -0.39 is 9.84 Å². The van der Waals surface area contributed by atoms with Gasteiger partial charge in [0.1, 0.15) is 0 Å². The van der Waals surface area contributed by atoms with Crippen LogP contribution in [0.3, 0.4) is 0 Å². The summed E-state index contributed by atoms with van der Waals surface area (Å²) in [6.07, 6.45) is 2.85. The van der Waals surface area contributed by atoms with Gasteiger partial charge < -0.3 is 5.32 Å². The van der Waals surface area contributed by atoms with E-state index >= 15 is 0 Å². The Morgan fingerprint density at radius 1 is 1.29 bits per heavy atom. The largest absolute Gasteiger partial charge is 0.314 e. The number of hydrogen-bond acceptors (Lipinski definition) is 3. The average molecular weight is 309 g/mol. The maximum absolute atomic E-state index is 12.7. The first-order valence-electron chi connectivity index (χ1n) is 7.94. The van der Waals surface area contributed by atoms with Gasteiger partial charge in [-0.05, 0) is 44.2 Å². The molecule has 4 heteroatoms. The summed E-state index contributed by atoms with van der Waals surface area (Å²) >= 11 is 0. The molecule has 1 aliphatic carbocycles. The minimum absolute atomic E-state index is 0.171. The van der Waals surface area contributed by atoms with Crippen molar-refractivity contribution < 1.29 is 8.42 Å². The van der Waals surface area contributed by atoms with Gasteiger partial charge in [-0.3, -0.25) is 0 Å². The molecule has 0 aromatic heterocycles. The SMILES string of the molecule is CCCNC1CCC(S(=O)(=O)Cc2cccc(C)c2)C1C. The minimum Gasteiger partial charge on any atom is -0.314 e. The summed E-state index contributed by atoms with van der Waals surface area (Å²) in [5.74, 6) is 0.371. The van der Waals surface area contributed by atoms with Crippen molar-refractivity contribution >= 4 is 9.84 Å². The molecule has 21 heavy (non-hydrogen) atoms. The fourth-order valence-electron chi connectivity index (χ4n) is 3.39. The van der Waals surface area contributed by atoms with E-state index in [9.17, 15) is 8.42 Å². The Bertz CT molecular complexity index is 568. The molecule has 3 atom stereocenters. The third-order valence-corrected chi connectivity index (χ3v) is 6.87. The van der Waals surface area contributed by atoms with Crippen LogP contribution in [0.15, 0.2) is 24.3 Å². The van der Waals surface area contributed by atoms with Crippen LogP contribution >= 0.6 is 0 Å². The maximum Gasteiger partial charge on any atom is 0.157 e. The maximum atomic E-state index is 12.7. The number of aryl methyl sites for hydroxylation is 1. The van der Waals surface area contributed by atoms with E-state index in [1.54, 1.807) is 0 Å². The number of nitrogens with one attached hydrogen (secondary N) is 1. The highest BCUT2D eigenvalue weighted by Gasteiger charge is 2.40. The van der Waals surface area contributed by atoms with Crippen LogP contribution in [0.25, 0.3) is 0 Å². The number of hydrogen-bond donors (Lipinski definition) is 1. The van der Waals surface area contributed by atoms with Crippen molar-refractivity contribution in [3.05, 3.63) is 35.4 Å². The first-order valence-corrected chi connectivity index (χ1v) is 9.66. The van der Waals surface area contributed by atoms with Gasteiger partial charge in [0.25, 0.3) is 0 Å². The molecule has 1 aliphatic rings. The van der Waals surface area contributed by atoms with Crippen molar-refractivity contribution in [2.24, 2.45) is 5.92 Å². The zero-order valence-corrected chi connectivity index (χ0v) is 14.1. The van der Waals surface area contributed by atoms with Crippen LogP contribution in [0, 0.1) is 12.8 Å². The highest BCUT2D eigenvalue weighted by atomic mass is 32.2. The highest BCUT2D eigenvalue weighted by molar-refractivity contribution is 7.91. The molecule has 3 unspecified atom stereocenters. The molecular weight excluding hydrogens is 282 g/mol. The van der Waals surface area contributed by atoms with Crippen LogP contribution < -0.4 is 5.32 Å². The van der Waals surface area contributed by atoms with E-state index in [-0.39, 0.29) is 16.9 Å². The molecule has 1 aromatic rings. The van der Waals surface area contributed by atoms with Gasteiger partial charge in [0.05, 0.1) is 11.0 Å². The van der Waals surface area contributed by atoms with E-state index in [0.29, 0.717) is 6.04 Å². The lowest BCUT2D eigenvalue weighted by Crippen LogP contribution is -2.37. The summed E-state index contributed by atoms with van der Waals surface area (Å²) < 4.78 is 25.4. The van der Waals surface area contributed by atoms with Gasteiger partial charge in [0.2, 0.25) is 0 Å². The monoisotopic (exact) mass is 309 g/mol. The first kappa shape index (κ1) is 16.5. The first-order chi connectivity index (χ1) is 9.94. The van der Waals surface area contributed by atoms with Crippen LogP contribution in [0.5, 0.6) is 0 Å². The summed E-state index contributed by atoms with van der Waals surface area (Å²) in [5.41, 5.74) is 2.02. The molecule has 0 bridgehead atoms. The smallest absolute Gasteiger partial charge is 0.157 e. The van der Waals surface area contributed by atoms with Gasteiger partial charge in [-0.15, -0.1) is 0 Å². The van der Waals surface area contributed by atoms with Gasteiger partial charge >= 0.3 is 0 Å². The van der Waals surface area contributed by atoms with Gasteiger partial charge in [0.15, 0.2) is 9.84 Å². The fourth-order valence-corrected chi connectivity index (χ4v) is 5.59. The van der Waals surface area contributed by atoms with Crippen molar-refractivity contribution in [2.75, 3.05) is 6.54 Å². The van der Waals surface area contributed by atoms with Crippen molar-refractivity contribution in [2.45, 2.75) is 57.1 Å². The second kappa shape index (κ2) is 6.93. The Hall–Kier alpha value is -0.870. The van der Waals surface area contributed by atoms with Gasteiger partial charge in [-0.1, -0.05) is 43.7 Å². The summed E-state index contributed by atoms with van der Waals surface area (Å²) in [6, 6.07) is 8.17. The zero-order chi connectivity index (χ0) is 15.5. The summed E-state index contributed by atoms with van der Waals surface area (Å²) in [7, 11) is -3.08. The predicted octanol–water partition coefficient (Wildman–Crippen LogP) is 3.08. The number of benzene rings is 1. The van der Waals surface area contributed by atoms with Crippen molar-refractivity contribution in [3.8, 4) is 0 Å². The molecule has 118 valence electrons. The fraction of sp³-hybridized carbons (Fsp3) is 0.647. The van der Waals surface area contributed by atoms with E-state index in [2.05, 4.69) is 19.2 Å². The summed E-state index contributed by atoms with van der Waals surface area (Å²) in [6.45, 7) is 7.19. The second-order valence-electron chi connectivity index (χ2n) is 6.33. The third-order valence-electron chi connectivity index (χ3n) is 4.55. The van der Waals surface area contributed by atoms with Crippen molar-refractivity contribution in [1.29, 1.82) is 0 Å². The highest BCUT2D eigenvalue weighted by Crippen LogP contribution is 2.33. The van der Waals surface area contributed by atoms with Crippen LogP contribution in [0.2, 0.25) is 0 Å². The molecule has 0 radical (unpaired) electrons. The third kappa shape index (κ3) is 4.07. The lowest BCUT2D eigenvalue weighted by Gasteiger charge is -2.22. The number of rotatable bonds is 6. The molecule has 1 fully saturated rings. The average Bonchev–Trinajstić information content (AvgIpc) is 2.78. The molecular formula is C17H27NO2S. The topological polar surface area (TPSA) is 46.2 Å². The second-order valence-corrected chi connectivity index (χ2v) is 8.55. The predicted molar refractivity (Wildman–Crippen MR) is 88.1 cm³/mol. The molecule has 3 nitrogen and oxygen atoms in total. The molecule has 0 spiro atoms. The molecule has 1 aromatic carbocycles. The summed E-state index contributed by atoms with van der Waals surface area (Å²) in [5, 5.41) is 3.29. The molecule has 0 heterocycles. The van der Waals surface area contributed by atoms with Crippen molar-refractivity contribution in [3.63, 3.8) is 0 Å². The quantitative estimate of drug-likeness (QED) is 0.878. The standard InChI is InChI=1S/C17H27NO2S/c1-4-10-18-16-8-9-17(14(16)3)21(19,20)12-15-7-5-6-13(2)11-15/h5-7,11,14,16-18H,4,8-10,12H2,1-3H3. The van der Waals surface area contributed by atoms with Crippen molar-refractivity contribution in [1.82, 2.24) is 5.32 Å². The minimum atomic E-state index is -3.08. The Labute approximate surface area is 129 Å². The molecule has 2 rings (SSSR count). The zero-order valence-electron chi connectivity index (χ0n) is 13.3.